The lowest BCUT2D eigenvalue weighted by Gasteiger charge is -2.35. The molecule has 1 amide bonds. The second kappa shape index (κ2) is 17.8. The number of rotatable bonds is 16. The van der Waals surface area contributed by atoms with Gasteiger partial charge in [-0.2, -0.15) is 0 Å². The van der Waals surface area contributed by atoms with E-state index in [-0.39, 0.29) is 5.91 Å². The zero-order valence-corrected chi connectivity index (χ0v) is 30.9. The van der Waals surface area contributed by atoms with Gasteiger partial charge in [0.1, 0.15) is 12.4 Å². The van der Waals surface area contributed by atoms with Crippen molar-refractivity contribution in [2.45, 2.75) is 63.6 Å². The number of benzene rings is 3. The van der Waals surface area contributed by atoms with E-state index < -0.39 is 10.8 Å². The van der Waals surface area contributed by atoms with Gasteiger partial charge in [-0.25, -0.2) is 4.98 Å². The van der Waals surface area contributed by atoms with E-state index in [2.05, 4.69) is 65.5 Å². The normalized spacial score (nSPS) is 16.3. The second-order valence-corrected chi connectivity index (χ2v) is 14.7. The zero-order chi connectivity index (χ0) is 35.6. The highest BCUT2D eigenvalue weighted by Gasteiger charge is 2.25. The molecule has 4 aromatic rings. The minimum atomic E-state index is -1.23. The summed E-state index contributed by atoms with van der Waals surface area (Å²) in [6.07, 6.45) is 7.56. The van der Waals surface area contributed by atoms with Crippen molar-refractivity contribution in [3.8, 4) is 16.9 Å². The number of aryl methyl sites for hydroxylation is 2. The molecule has 1 saturated heterocycles. The fourth-order valence-electron chi connectivity index (χ4n) is 6.44. The fourth-order valence-corrected chi connectivity index (χ4v) is 7.67. The number of aromatic nitrogens is 2. The molecule has 2 aliphatic heterocycles. The highest BCUT2D eigenvalue weighted by Crippen LogP contribution is 2.34. The molecule has 270 valence electrons. The molecule has 1 fully saturated rings. The van der Waals surface area contributed by atoms with Crippen molar-refractivity contribution in [1.29, 1.82) is 0 Å². The maximum Gasteiger partial charge on any atom is 0.251 e. The molecule has 3 aromatic carbocycles. The molecule has 51 heavy (non-hydrogen) atoms. The molecule has 0 bridgehead atoms. The molecular formula is C41H50N4O5S. The van der Waals surface area contributed by atoms with Crippen molar-refractivity contribution >= 4 is 34.2 Å². The Balaban J connectivity index is 1.17. The van der Waals surface area contributed by atoms with Gasteiger partial charge in [-0.05, 0) is 104 Å². The molecule has 0 spiro atoms. The first-order valence-corrected chi connectivity index (χ1v) is 19.5. The van der Waals surface area contributed by atoms with Gasteiger partial charge in [0.15, 0.2) is 0 Å². The third kappa shape index (κ3) is 9.55. The first kappa shape index (κ1) is 36.5. The molecule has 0 aliphatic carbocycles. The van der Waals surface area contributed by atoms with Crippen molar-refractivity contribution in [2.24, 2.45) is 5.92 Å². The number of carbonyl (C=O) groups is 1. The topological polar surface area (TPSA) is 94.9 Å². The quantitative estimate of drug-likeness (QED) is 0.119. The molecule has 1 aromatic heterocycles. The number of nitrogens with zero attached hydrogens (tertiary/aromatic N) is 3. The van der Waals surface area contributed by atoms with E-state index in [1.807, 2.05) is 47.9 Å². The van der Waals surface area contributed by atoms with Crippen LogP contribution in [0.3, 0.4) is 0 Å². The van der Waals surface area contributed by atoms with Crippen molar-refractivity contribution < 1.29 is 23.2 Å². The largest absolute Gasteiger partial charge is 0.491 e. The molecule has 0 saturated carbocycles. The third-order valence-corrected chi connectivity index (χ3v) is 10.8. The molecule has 6 rings (SSSR count). The van der Waals surface area contributed by atoms with E-state index in [0.29, 0.717) is 37.0 Å². The standard InChI is InChI=1S/C41H50N4O5S/c1-4-6-20-48-21-22-50-37-14-9-32(10-15-37)33-11-18-39-35(23-33)24-34(8-7-19-45(39)25-31-26-49-27-31)41(46)43-36-12-16-38(17-13-36)51(47)28-40-30(3)42-29-44(40)5-2/h9-18,23-24,29,31H,4-8,19-22,25-28H2,1-3H3,(H,43,46)/b34-24+. The second-order valence-electron chi connectivity index (χ2n) is 13.3. The Morgan fingerprint density at radius 3 is 2.51 bits per heavy atom. The van der Waals surface area contributed by atoms with Crippen LogP contribution >= 0.6 is 0 Å². The van der Waals surface area contributed by atoms with Crippen molar-refractivity contribution in [3.05, 3.63) is 95.6 Å². The number of amides is 1. The van der Waals surface area contributed by atoms with Gasteiger partial charge in [0.05, 0.1) is 54.1 Å². The summed E-state index contributed by atoms with van der Waals surface area (Å²) in [5.74, 6) is 1.61. The summed E-state index contributed by atoms with van der Waals surface area (Å²) < 4.78 is 32.2. The number of unbranched alkanes of at least 4 members (excludes halogenated alkanes) is 1. The van der Waals surface area contributed by atoms with Gasteiger partial charge in [-0.3, -0.25) is 9.00 Å². The Bertz CT molecular complexity index is 1810. The van der Waals surface area contributed by atoms with Crippen LogP contribution in [0.15, 0.2) is 83.5 Å². The summed E-state index contributed by atoms with van der Waals surface area (Å²) in [6, 6.07) is 22.0. The van der Waals surface area contributed by atoms with Gasteiger partial charge in [0.25, 0.3) is 5.91 Å². The number of carbonyl (C=O) groups excluding carboxylic acids is 1. The Morgan fingerprint density at radius 1 is 1.00 bits per heavy atom. The van der Waals surface area contributed by atoms with Crippen LogP contribution in [-0.2, 0) is 37.4 Å². The van der Waals surface area contributed by atoms with Crippen LogP contribution in [0.2, 0.25) is 0 Å². The lowest BCUT2D eigenvalue weighted by atomic mass is 9.95. The lowest BCUT2D eigenvalue weighted by Crippen LogP contribution is -2.40. The van der Waals surface area contributed by atoms with Gasteiger partial charge in [-0.15, -0.1) is 0 Å². The van der Waals surface area contributed by atoms with E-state index in [1.54, 1.807) is 6.33 Å². The average Bonchev–Trinajstić information content (AvgIpc) is 3.47. The molecule has 1 N–H and O–H groups in total. The lowest BCUT2D eigenvalue weighted by molar-refractivity contribution is -0.112. The van der Waals surface area contributed by atoms with Crippen LogP contribution in [-0.4, -0.2) is 65.8 Å². The first-order chi connectivity index (χ1) is 24.9. The minimum Gasteiger partial charge on any atom is -0.491 e. The number of fused-ring (bicyclic) bond motifs is 1. The number of hydrogen-bond acceptors (Lipinski definition) is 7. The predicted molar refractivity (Wildman–Crippen MR) is 205 cm³/mol. The van der Waals surface area contributed by atoms with E-state index in [0.717, 1.165) is 109 Å². The van der Waals surface area contributed by atoms with Crippen LogP contribution < -0.4 is 15.0 Å². The average molecular weight is 711 g/mol. The minimum absolute atomic E-state index is 0.122. The van der Waals surface area contributed by atoms with Gasteiger partial charge in [0.2, 0.25) is 0 Å². The predicted octanol–water partition coefficient (Wildman–Crippen LogP) is 7.65. The Morgan fingerprint density at radius 2 is 1.78 bits per heavy atom. The Kier molecular flexibility index (Phi) is 12.7. The van der Waals surface area contributed by atoms with Crippen molar-refractivity contribution in [2.75, 3.05) is 56.3 Å². The zero-order valence-electron chi connectivity index (χ0n) is 30.1. The van der Waals surface area contributed by atoms with E-state index in [1.165, 1.54) is 0 Å². The fraction of sp³-hybridized carbons (Fsp3) is 0.415. The van der Waals surface area contributed by atoms with E-state index in [9.17, 15) is 9.00 Å². The first-order valence-electron chi connectivity index (χ1n) is 18.2. The summed E-state index contributed by atoms with van der Waals surface area (Å²) in [7, 11) is -1.23. The third-order valence-electron chi connectivity index (χ3n) is 9.51. The highest BCUT2D eigenvalue weighted by molar-refractivity contribution is 7.84. The molecule has 1 atom stereocenters. The van der Waals surface area contributed by atoms with E-state index >= 15 is 0 Å². The van der Waals surface area contributed by atoms with Crippen LogP contribution in [0, 0.1) is 12.8 Å². The SMILES string of the molecule is CCCCOCCOc1ccc(-c2ccc3c(c2)/C=C(/C(=O)Nc2ccc(S(=O)Cc4c(C)ncn4CC)cc2)CCCN3CC2COC2)cc1. The van der Waals surface area contributed by atoms with Crippen LogP contribution in [0.25, 0.3) is 17.2 Å². The monoisotopic (exact) mass is 710 g/mol. The van der Waals surface area contributed by atoms with Gasteiger partial charge in [-0.1, -0.05) is 31.5 Å². The van der Waals surface area contributed by atoms with Crippen LogP contribution in [0.5, 0.6) is 5.75 Å². The maximum absolute atomic E-state index is 13.7. The van der Waals surface area contributed by atoms with Crippen LogP contribution in [0.4, 0.5) is 11.4 Å². The summed E-state index contributed by atoms with van der Waals surface area (Å²) in [4.78, 5) is 21.3. The molecule has 1 unspecified atom stereocenters. The van der Waals surface area contributed by atoms with Gasteiger partial charge >= 0.3 is 0 Å². The number of ether oxygens (including phenoxy) is 3. The summed E-state index contributed by atoms with van der Waals surface area (Å²) >= 11 is 0. The molecule has 9 nitrogen and oxygen atoms in total. The van der Waals surface area contributed by atoms with E-state index in [4.69, 9.17) is 14.2 Å². The smallest absolute Gasteiger partial charge is 0.251 e. The summed E-state index contributed by atoms with van der Waals surface area (Å²) in [5, 5.41) is 3.10. The molecular weight excluding hydrogens is 661 g/mol. The summed E-state index contributed by atoms with van der Waals surface area (Å²) in [6.45, 7) is 12.2. The van der Waals surface area contributed by atoms with Gasteiger partial charge in [0, 0.05) is 54.0 Å². The molecule has 2 aliphatic rings. The molecule has 0 radical (unpaired) electrons. The number of anilines is 2. The summed E-state index contributed by atoms with van der Waals surface area (Å²) in [5.41, 5.74) is 7.61. The van der Waals surface area contributed by atoms with Gasteiger partial charge < -0.3 is 29.0 Å². The Hall–Kier alpha value is -4.25. The number of imidazole rings is 1. The maximum atomic E-state index is 13.7. The molecule has 10 heteroatoms. The number of nitrogens with one attached hydrogen (secondary N) is 1. The van der Waals surface area contributed by atoms with Crippen LogP contribution in [0.1, 0.15) is 56.5 Å². The van der Waals surface area contributed by atoms with Crippen molar-refractivity contribution in [1.82, 2.24) is 9.55 Å². The van der Waals surface area contributed by atoms with Crippen molar-refractivity contribution in [3.63, 3.8) is 0 Å². The molecule has 3 heterocycles. The Labute approximate surface area is 304 Å². The highest BCUT2D eigenvalue weighted by atomic mass is 32.2. The number of hydrogen-bond donors (Lipinski definition) is 1.